The molecule has 0 saturated carbocycles. The number of carbonyl (C=O) groups is 2. The molecule has 0 amide bonds. The number of nitrogens with zero attached hydrogens (tertiary/aromatic N) is 1. The fraction of sp³-hybridized carbons (Fsp3) is 0.333. The molecule has 0 saturated heterocycles. The van der Waals surface area contributed by atoms with Crippen LogP contribution in [-0.2, 0) is 22.6 Å². The minimum atomic E-state index is -0.399. The van der Waals surface area contributed by atoms with E-state index in [1.807, 2.05) is 24.1 Å². The lowest BCUT2D eigenvalue weighted by atomic mass is 10.1. The second-order valence-electron chi connectivity index (χ2n) is 5.53. The zero-order valence-corrected chi connectivity index (χ0v) is 14.3. The van der Waals surface area contributed by atoms with E-state index in [1.54, 1.807) is 25.1 Å². The van der Waals surface area contributed by atoms with E-state index < -0.39 is 5.97 Å². The summed E-state index contributed by atoms with van der Waals surface area (Å²) in [6.45, 7) is 2.96. The summed E-state index contributed by atoms with van der Waals surface area (Å²) in [5.74, 6) is 0.495. The molecule has 0 radical (unpaired) electrons. The number of esters is 2. The molecule has 0 atom stereocenters. The Kier molecular flexibility index (Phi) is 5.76. The zero-order chi connectivity index (χ0) is 17.7. The standard InChI is InChI=1S/C18H21NO5/c1-12-16(18(21)23-4)9-15(24-12)11-19(2)10-13-5-7-14(8-6-13)17(20)22-3/h5-9H,10-11H2,1-4H3. The number of rotatable bonds is 6. The number of benzene rings is 1. The van der Waals surface area contributed by atoms with Gasteiger partial charge >= 0.3 is 11.9 Å². The summed E-state index contributed by atoms with van der Waals surface area (Å²) in [5, 5.41) is 0. The van der Waals surface area contributed by atoms with E-state index >= 15 is 0 Å². The molecule has 0 N–H and O–H groups in total. The Morgan fingerprint density at radius 3 is 2.25 bits per heavy atom. The molecular formula is C18H21NO5. The van der Waals surface area contributed by atoms with E-state index in [2.05, 4.69) is 4.74 Å². The molecule has 2 rings (SSSR count). The van der Waals surface area contributed by atoms with E-state index in [4.69, 9.17) is 9.15 Å². The van der Waals surface area contributed by atoms with Crippen LogP contribution >= 0.6 is 0 Å². The molecule has 0 fully saturated rings. The Balaban J connectivity index is 1.99. The summed E-state index contributed by atoms with van der Waals surface area (Å²) in [5.41, 5.74) is 2.03. The smallest absolute Gasteiger partial charge is 0.341 e. The fourth-order valence-electron chi connectivity index (χ4n) is 2.43. The number of methoxy groups -OCH3 is 2. The summed E-state index contributed by atoms with van der Waals surface area (Å²) in [6.07, 6.45) is 0. The first-order valence-corrected chi connectivity index (χ1v) is 7.48. The highest BCUT2D eigenvalue weighted by Crippen LogP contribution is 2.18. The third-order valence-corrected chi connectivity index (χ3v) is 3.63. The highest BCUT2D eigenvalue weighted by atomic mass is 16.5. The van der Waals surface area contributed by atoms with Crippen molar-refractivity contribution in [3.63, 3.8) is 0 Å². The summed E-state index contributed by atoms with van der Waals surface area (Å²) in [6, 6.07) is 8.95. The lowest BCUT2D eigenvalue weighted by Gasteiger charge is -2.15. The van der Waals surface area contributed by atoms with Crippen molar-refractivity contribution in [1.82, 2.24) is 4.90 Å². The Labute approximate surface area is 141 Å². The average molecular weight is 331 g/mol. The predicted octanol–water partition coefficient (Wildman–Crippen LogP) is 2.79. The molecule has 6 nitrogen and oxygen atoms in total. The molecule has 0 spiro atoms. The maximum absolute atomic E-state index is 11.6. The maximum atomic E-state index is 11.6. The van der Waals surface area contributed by atoms with Crippen molar-refractivity contribution in [1.29, 1.82) is 0 Å². The third-order valence-electron chi connectivity index (χ3n) is 3.63. The quantitative estimate of drug-likeness (QED) is 0.758. The minimum Gasteiger partial charge on any atom is -0.465 e. The number of hydrogen-bond donors (Lipinski definition) is 0. The number of aryl methyl sites for hydroxylation is 1. The van der Waals surface area contributed by atoms with Gasteiger partial charge in [0.1, 0.15) is 17.1 Å². The number of carbonyl (C=O) groups excluding carboxylic acids is 2. The molecule has 0 bridgehead atoms. The summed E-state index contributed by atoms with van der Waals surface area (Å²) < 4.78 is 15.0. The Bertz CT molecular complexity index is 718. The lowest BCUT2D eigenvalue weighted by molar-refractivity contribution is 0.0590. The summed E-state index contributed by atoms with van der Waals surface area (Å²) >= 11 is 0. The topological polar surface area (TPSA) is 69.0 Å². The minimum absolute atomic E-state index is 0.351. The van der Waals surface area contributed by atoms with Crippen LogP contribution in [0.1, 0.15) is 37.8 Å². The SMILES string of the molecule is COC(=O)c1ccc(CN(C)Cc2cc(C(=O)OC)c(C)o2)cc1. The van der Waals surface area contributed by atoms with Gasteiger partial charge in [0.2, 0.25) is 0 Å². The van der Waals surface area contributed by atoms with Gasteiger partial charge in [0.15, 0.2) is 0 Å². The van der Waals surface area contributed by atoms with Gasteiger partial charge in [-0.1, -0.05) is 12.1 Å². The molecule has 1 heterocycles. The van der Waals surface area contributed by atoms with Gasteiger partial charge < -0.3 is 13.9 Å². The first-order valence-electron chi connectivity index (χ1n) is 7.48. The van der Waals surface area contributed by atoms with Crippen LogP contribution in [0.4, 0.5) is 0 Å². The molecule has 128 valence electrons. The molecule has 0 aliphatic heterocycles. The van der Waals surface area contributed by atoms with Crippen molar-refractivity contribution in [2.24, 2.45) is 0 Å². The van der Waals surface area contributed by atoms with Gasteiger partial charge in [-0.3, -0.25) is 4.90 Å². The second kappa shape index (κ2) is 7.79. The van der Waals surface area contributed by atoms with Crippen LogP contribution in [-0.4, -0.2) is 38.1 Å². The van der Waals surface area contributed by atoms with E-state index in [-0.39, 0.29) is 5.97 Å². The van der Waals surface area contributed by atoms with Crippen LogP contribution in [0.3, 0.4) is 0 Å². The monoisotopic (exact) mass is 331 g/mol. The van der Waals surface area contributed by atoms with E-state index in [0.29, 0.717) is 35.7 Å². The highest BCUT2D eigenvalue weighted by Gasteiger charge is 2.16. The normalized spacial score (nSPS) is 10.7. The molecule has 2 aromatic rings. The molecule has 6 heteroatoms. The molecule has 0 unspecified atom stereocenters. The first-order chi connectivity index (χ1) is 11.4. The molecule has 0 aliphatic rings. The number of ether oxygens (including phenoxy) is 2. The van der Waals surface area contributed by atoms with Crippen molar-refractivity contribution in [3.05, 3.63) is 58.5 Å². The van der Waals surface area contributed by atoms with Crippen LogP contribution < -0.4 is 0 Å². The number of furan rings is 1. The third kappa shape index (κ3) is 4.23. The Hall–Kier alpha value is -2.60. The lowest BCUT2D eigenvalue weighted by Crippen LogP contribution is -2.17. The van der Waals surface area contributed by atoms with Crippen molar-refractivity contribution in [2.45, 2.75) is 20.0 Å². The van der Waals surface area contributed by atoms with Crippen LogP contribution in [0.15, 0.2) is 34.7 Å². The second-order valence-corrected chi connectivity index (χ2v) is 5.53. The van der Waals surface area contributed by atoms with Crippen LogP contribution in [0, 0.1) is 6.92 Å². The zero-order valence-electron chi connectivity index (χ0n) is 14.3. The average Bonchev–Trinajstić information content (AvgIpc) is 2.94. The molecule has 1 aromatic heterocycles. The predicted molar refractivity (Wildman–Crippen MR) is 87.7 cm³/mol. The highest BCUT2D eigenvalue weighted by molar-refractivity contribution is 5.90. The molecule has 1 aromatic carbocycles. The van der Waals surface area contributed by atoms with E-state index in [1.165, 1.54) is 14.2 Å². The van der Waals surface area contributed by atoms with Crippen molar-refractivity contribution < 1.29 is 23.5 Å². The number of hydrogen-bond acceptors (Lipinski definition) is 6. The van der Waals surface area contributed by atoms with Crippen LogP contribution in [0.5, 0.6) is 0 Å². The maximum Gasteiger partial charge on any atom is 0.341 e. The Morgan fingerprint density at radius 1 is 1.04 bits per heavy atom. The van der Waals surface area contributed by atoms with Crippen molar-refractivity contribution >= 4 is 11.9 Å². The van der Waals surface area contributed by atoms with Gasteiger partial charge in [-0.15, -0.1) is 0 Å². The first kappa shape index (κ1) is 17.7. The van der Waals surface area contributed by atoms with Gasteiger partial charge in [-0.05, 0) is 37.7 Å². The molecule has 0 aliphatic carbocycles. The van der Waals surface area contributed by atoms with Gasteiger partial charge in [0.25, 0.3) is 0 Å². The van der Waals surface area contributed by atoms with Crippen molar-refractivity contribution in [3.8, 4) is 0 Å². The summed E-state index contributed by atoms with van der Waals surface area (Å²) in [7, 11) is 4.65. The van der Waals surface area contributed by atoms with Gasteiger partial charge in [0, 0.05) is 6.54 Å². The van der Waals surface area contributed by atoms with Gasteiger partial charge in [0.05, 0.1) is 26.3 Å². The van der Waals surface area contributed by atoms with Gasteiger partial charge in [-0.25, -0.2) is 9.59 Å². The largest absolute Gasteiger partial charge is 0.465 e. The van der Waals surface area contributed by atoms with E-state index in [0.717, 1.165) is 5.56 Å². The summed E-state index contributed by atoms with van der Waals surface area (Å²) in [4.78, 5) is 25.1. The van der Waals surface area contributed by atoms with Crippen LogP contribution in [0.25, 0.3) is 0 Å². The van der Waals surface area contributed by atoms with E-state index in [9.17, 15) is 9.59 Å². The Morgan fingerprint density at radius 2 is 1.67 bits per heavy atom. The molecular weight excluding hydrogens is 310 g/mol. The van der Waals surface area contributed by atoms with Gasteiger partial charge in [-0.2, -0.15) is 0 Å². The van der Waals surface area contributed by atoms with Crippen molar-refractivity contribution in [2.75, 3.05) is 21.3 Å². The fourth-order valence-corrected chi connectivity index (χ4v) is 2.43. The van der Waals surface area contributed by atoms with Crippen LogP contribution in [0.2, 0.25) is 0 Å². The molecule has 24 heavy (non-hydrogen) atoms.